The van der Waals surface area contributed by atoms with Crippen molar-refractivity contribution in [1.29, 1.82) is 0 Å². The molecule has 0 aliphatic heterocycles. The van der Waals surface area contributed by atoms with Gasteiger partial charge in [0.25, 0.3) is 0 Å². The van der Waals surface area contributed by atoms with E-state index in [4.69, 9.17) is 5.11 Å². The van der Waals surface area contributed by atoms with Gasteiger partial charge in [0.1, 0.15) is 5.83 Å². The largest absolute Gasteiger partial charge is 0.478 e. The van der Waals surface area contributed by atoms with Crippen LogP contribution in [-0.2, 0) is 4.79 Å². The van der Waals surface area contributed by atoms with E-state index in [9.17, 15) is 9.18 Å². The third-order valence-electron chi connectivity index (χ3n) is 1.30. The van der Waals surface area contributed by atoms with E-state index in [0.717, 1.165) is 19.3 Å². The van der Waals surface area contributed by atoms with Crippen molar-refractivity contribution in [3.05, 3.63) is 11.9 Å². The average molecular weight is 160 g/mol. The van der Waals surface area contributed by atoms with Gasteiger partial charge in [-0.05, 0) is 12.8 Å². The van der Waals surface area contributed by atoms with Crippen molar-refractivity contribution in [2.75, 3.05) is 0 Å². The topological polar surface area (TPSA) is 37.3 Å². The molecule has 0 unspecified atom stereocenters. The van der Waals surface area contributed by atoms with Gasteiger partial charge in [-0.3, -0.25) is 0 Å². The lowest BCUT2D eigenvalue weighted by Gasteiger charge is -1.94. The zero-order chi connectivity index (χ0) is 8.69. The fourth-order valence-corrected chi connectivity index (χ4v) is 0.750. The van der Waals surface area contributed by atoms with Crippen LogP contribution in [0.3, 0.4) is 0 Å². The van der Waals surface area contributed by atoms with Crippen LogP contribution in [0.4, 0.5) is 4.39 Å². The van der Waals surface area contributed by atoms with Gasteiger partial charge in [0.05, 0.1) is 6.08 Å². The smallest absolute Gasteiger partial charge is 0.330 e. The first-order chi connectivity index (χ1) is 5.16. The Balaban J connectivity index is 3.51. The van der Waals surface area contributed by atoms with Crippen LogP contribution < -0.4 is 0 Å². The van der Waals surface area contributed by atoms with Crippen molar-refractivity contribution in [1.82, 2.24) is 0 Å². The zero-order valence-corrected chi connectivity index (χ0v) is 6.64. The molecule has 3 heteroatoms. The number of unbranched alkanes of at least 4 members (excludes halogenated alkanes) is 2. The molecule has 0 heterocycles. The van der Waals surface area contributed by atoms with E-state index in [1.165, 1.54) is 0 Å². The van der Waals surface area contributed by atoms with E-state index in [1.54, 1.807) is 0 Å². The second kappa shape index (κ2) is 5.89. The normalized spacial score (nSPS) is 11.6. The van der Waals surface area contributed by atoms with Crippen molar-refractivity contribution >= 4 is 5.97 Å². The Kier molecular flexibility index (Phi) is 5.43. The predicted molar refractivity (Wildman–Crippen MR) is 41.0 cm³/mol. The minimum Gasteiger partial charge on any atom is -0.478 e. The van der Waals surface area contributed by atoms with Crippen molar-refractivity contribution in [2.24, 2.45) is 0 Å². The summed E-state index contributed by atoms with van der Waals surface area (Å²) in [5, 5.41) is 8.12. The summed E-state index contributed by atoms with van der Waals surface area (Å²) in [5.74, 6) is -1.75. The minimum absolute atomic E-state index is 0.250. The molecule has 2 nitrogen and oxygen atoms in total. The fourth-order valence-electron chi connectivity index (χ4n) is 0.750. The van der Waals surface area contributed by atoms with E-state index in [-0.39, 0.29) is 6.42 Å². The maximum Gasteiger partial charge on any atom is 0.330 e. The number of hydrogen-bond donors (Lipinski definition) is 1. The van der Waals surface area contributed by atoms with Crippen LogP contribution in [0.15, 0.2) is 11.9 Å². The molecule has 0 saturated heterocycles. The van der Waals surface area contributed by atoms with Crippen LogP contribution in [-0.4, -0.2) is 11.1 Å². The standard InChI is InChI=1S/C8H13FO2/c1-2-3-4-5-7(9)6-8(10)11/h6H,2-5H2,1H3,(H,10,11)/b7-6-. The number of rotatable bonds is 5. The Labute approximate surface area is 65.7 Å². The molecule has 0 saturated carbocycles. The molecule has 0 rings (SSSR count). The second-order valence-corrected chi connectivity index (χ2v) is 2.39. The summed E-state index contributed by atoms with van der Waals surface area (Å²) in [6.45, 7) is 2.01. The molecule has 0 fully saturated rings. The van der Waals surface area contributed by atoms with Gasteiger partial charge in [0.2, 0.25) is 0 Å². The molecule has 0 aromatic carbocycles. The van der Waals surface area contributed by atoms with Crippen LogP contribution in [0.25, 0.3) is 0 Å². The van der Waals surface area contributed by atoms with Gasteiger partial charge in [-0.15, -0.1) is 0 Å². The number of carbonyl (C=O) groups is 1. The van der Waals surface area contributed by atoms with E-state index in [0.29, 0.717) is 6.08 Å². The summed E-state index contributed by atoms with van der Waals surface area (Å²) >= 11 is 0. The monoisotopic (exact) mass is 160 g/mol. The van der Waals surface area contributed by atoms with Crippen LogP contribution in [0.2, 0.25) is 0 Å². The first kappa shape index (κ1) is 10.1. The molecule has 0 radical (unpaired) electrons. The summed E-state index contributed by atoms with van der Waals surface area (Å²) in [7, 11) is 0. The highest BCUT2D eigenvalue weighted by Gasteiger charge is 1.97. The lowest BCUT2D eigenvalue weighted by atomic mass is 10.2. The molecular weight excluding hydrogens is 147 g/mol. The van der Waals surface area contributed by atoms with Crippen molar-refractivity contribution in [3.63, 3.8) is 0 Å². The maximum absolute atomic E-state index is 12.5. The lowest BCUT2D eigenvalue weighted by Crippen LogP contribution is -1.89. The second-order valence-electron chi connectivity index (χ2n) is 2.39. The number of carboxylic acid groups (broad SMARTS) is 1. The Morgan fingerprint density at radius 1 is 1.55 bits per heavy atom. The molecule has 0 aromatic heterocycles. The highest BCUT2D eigenvalue weighted by molar-refractivity contribution is 5.80. The molecule has 0 amide bonds. The van der Waals surface area contributed by atoms with E-state index < -0.39 is 11.8 Å². The maximum atomic E-state index is 12.5. The number of allylic oxidation sites excluding steroid dienone is 1. The molecule has 0 bridgehead atoms. The molecule has 1 N–H and O–H groups in total. The van der Waals surface area contributed by atoms with Gasteiger partial charge in [0, 0.05) is 0 Å². The summed E-state index contributed by atoms with van der Waals surface area (Å²) in [6.07, 6.45) is 3.56. The number of carboxylic acids is 1. The van der Waals surface area contributed by atoms with Gasteiger partial charge in [-0.25, -0.2) is 9.18 Å². The third kappa shape index (κ3) is 7.03. The zero-order valence-electron chi connectivity index (χ0n) is 6.64. The van der Waals surface area contributed by atoms with E-state index >= 15 is 0 Å². The van der Waals surface area contributed by atoms with Gasteiger partial charge >= 0.3 is 5.97 Å². The van der Waals surface area contributed by atoms with Crippen LogP contribution in [0, 0.1) is 0 Å². The minimum atomic E-state index is -1.21. The van der Waals surface area contributed by atoms with Crippen LogP contribution in [0.1, 0.15) is 32.6 Å². The Morgan fingerprint density at radius 2 is 2.18 bits per heavy atom. The average Bonchev–Trinajstić information content (AvgIpc) is 1.86. The third-order valence-corrected chi connectivity index (χ3v) is 1.30. The van der Waals surface area contributed by atoms with Gasteiger partial charge in [-0.2, -0.15) is 0 Å². The predicted octanol–water partition coefficient (Wildman–Crippen LogP) is 2.50. The molecule has 0 aliphatic rings. The van der Waals surface area contributed by atoms with Gasteiger partial charge < -0.3 is 5.11 Å². The molecule has 0 aromatic rings. The summed E-state index contributed by atoms with van der Waals surface area (Å²) < 4.78 is 12.5. The van der Waals surface area contributed by atoms with Crippen molar-refractivity contribution in [2.45, 2.75) is 32.6 Å². The van der Waals surface area contributed by atoms with Crippen LogP contribution in [0.5, 0.6) is 0 Å². The number of hydrogen-bond acceptors (Lipinski definition) is 1. The number of halogens is 1. The van der Waals surface area contributed by atoms with E-state index in [2.05, 4.69) is 0 Å². The lowest BCUT2D eigenvalue weighted by molar-refractivity contribution is -0.131. The first-order valence-electron chi connectivity index (χ1n) is 3.75. The van der Waals surface area contributed by atoms with Crippen molar-refractivity contribution in [3.8, 4) is 0 Å². The molecule has 11 heavy (non-hydrogen) atoms. The molecule has 0 spiro atoms. The van der Waals surface area contributed by atoms with Gasteiger partial charge in [-0.1, -0.05) is 19.8 Å². The van der Waals surface area contributed by atoms with Crippen LogP contribution >= 0.6 is 0 Å². The highest BCUT2D eigenvalue weighted by Crippen LogP contribution is 2.09. The Bertz CT molecular complexity index is 152. The molecule has 0 aliphatic carbocycles. The van der Waals surface area contributed by atoms with Gasteiger partial charge in [0.15, 0.2) is 0 Å². The Morgan fingerprint density at radius 3 is 2.64 bits per heavy atom. The Hall–Kier alpha value is -0.860. The number of aliphatic carboxylic acids is 1. The quantitative estimate of drug-likeness (QED) is 0.495. The van der Waals surface area contributed by atoms with E-state index in [1.807, 2.05) is 6.92 Å². The van der Waals surface area contributed by atoms with Crippen molar-refractivity contribution < 1.29 is 14.3 Å². The summed E-state index contributed by atoms with van der Waals surface area (Å²) in [5.41, 5.74) is 0. The fraction of sp³-hybridized carbons (Fsp3) is 0.625. The first-order valence-corrected chi connectivity index (χ1v) is 3.75. The highest BCUT2D eigenvalue weighted by atomic mass is 19.1. The SMILES string of the molecule is CCCCC/C(F)=C/C(=O)O. The molecule has 64 valence electrons. The molecular formula is C8H13FO2. The summed E-state index contributed by atoms with van der Waals surface area (Å²) in [6, 6.07) is 0. The summed E-state index contributed by atoms with van der Waals surface area (Å²) in [4.78, 5) is 9.93. The molecule has 0 atom stereocenters.